The van der Waals surface area contributed by atoms with Gasteiger partial charge in [0.1, 0.15) is 12.4 Å². The number of sulfonamides is 1. The van der Waals surface area contributed by atoms with Gasteiger partial charge in [-0.2, -0.15) is 4.72 Å². The molecule has 7 nitrogen and oxygen atoms in total. The molecular weight excluding hydrogens is 351 g/mol. The molecule has 1 fully saturated rings. The van der Waals surface area contributed by atoms with Crippen molar-refractivity contribution in [2.75, 3.05) is 19.7 Å². The van der Waals surface area contributed by atoms with Gasteiger partial charge < -0.3 is 9.64 Å². The number of carbonyl (C=O) groups is 2. The average molecular weight is 372 g/mol. The van der Waals surface area contributed by atoms with Crippen LogP contribution >= 0.6 is 0 Å². The summed E-state index contributed by atoms with van der Waals surface area (Å²) in [5.74, 6) is -1.71. The Morgan fingerprint density at radius 1 is 1.28 bits per heavy atom. The minimum absolute atomic E-state index is 0.108. The van der Waals surface area contributed by atoms with Crippen molar-refractivity contribution < 1.29 is 27.1 Å². The van der Waals surface area contributed by atoms with E-state index in [2.05, 4.69) is 4.72 Å². The van der Waals surface area contributed by atoms with E-state index in [9.17, 15) is 22.4 Å². The molecule has 1 N–H and O–H groups in total. The molecule has 1 aliphatic heterocycles. The van der Waals surface area contributed by atoms with E-state index >= 15 is 0 Å². The molecule has 0 saturated carbocycles. The number of carbonyl (C=O) groups excluding carboxylic acids is 2. The number of hydrogen-bond donors (Lipinski definition) is 1. The van der Waals surface area contributed by atoms with Crippen molar-refractivity contribution in [3.05, 3.63) is 30.1 Å². The van der Waals surface area contributed by atoms with Gasteiger partial charge in [-0.15, -0.1) is 0 Å². The van der Waals surface area contributed by atoms with Crippen molar-refractivity contribution in [3.8, 4) is 0 Å². The number of nitrogens with one attached hydrogen (secondary N) is 1. The van der Waals surface area contributed by atoms with Gasteiger partial charge in [0.2, 0.25) is 10.0 Å². The second kappa shape index (κ2) is 8.39. The lowest BCUT2D eigenvalue weighted by Crippen LogP contribution is -2.44. The van der Waals surface area contributed by atoms with E-state index < -0.39 is 35.0 Å². The Bertz CT molecular complexity index is 721. The maximum absolute atomic E-state index is 12.8. The fourth-order valence-electron chi connectivity index (χ4n) is 2.60. The SMILES string of the molecule is C[C@@H]1CCCCN1C(=O)COC(=O)CNS(=O)(=O)c1ccc(F)cc1. The lowest BCUT2D eigenvalue weighted by atomic mass is 10.0. The number of ether oxygens (including phenoxy) is 1. The van der Waals surface area contributed by atoms with Crippen LogP contribution in [0.1, 0.15) is 26.2 Å². The molecule has 1 amide bonds. The first kappa shape index (κ1) is 19.3. The minimum atomic E-state index is -3.95. The van der Waals surface area contributed by atoms with Crippen molar-refractivity contribution in [2.24, 2.45) is 0 Å². The number of benzene rings is 1. The number of esters is 1. The van der Waals surface area contributed by atoms with Crippen LogP contribution < -0.4 is 4.72 Å². The van der Waals surface area contributed by atoms with Crippen LogP contribution in [-0.4, -0.2) is 50.9 Å². The highest BCUT2D eigenvalue weighted by atomic mass is 32.2. The summed E-state index contributed by atoms with van der Waals surface area (Å²) < 4.78 is 43.6. The second-order valence-electron chi connectivity index (χ2n) is 5.87. The molecule has 1 aliphatic rings. The predicted octanol–water partition coefficient (Wildman–Crippen LogP) is 1.05. The Labute approximate surface area is 146 Å². The van der Waals surface area contributed by atoms with Gasteiger partial charge in [-0.05, 0) is 50.5 Å². The van der Waals surface area contributed by atoms with Crippen LogP contribution in [0.4, 0.5) is 4.39 Å². The highest BCUT2D eigenvalue weighted by Gasteiger charge is 2.24. The topological polar surface area (TPSA) is 92.8 Å². The molecule has 1 aromatic rings. The zero-order valence-corrected chi connectivity index (χ0v) is 14.7. The fourth-order valence-corrected chi connectivity index (χ4v) is 3.56. The second-order valence-corrected chi connectivity index (χ2v) is 7.64. The number of likely N-dealkylation sites (tertiary alicyclic amines) is 1. The summed E-state index contributed by atoms with van der Waals surface area (Å²) in [4.78, 5) is 25.2. The largest absolute Gasteiger partial charge is 0.455 e. The standard InChI is InChI=1S/C16H21FN2O5S/c1-12-4-2-3-9-19(12)15(20)11-24-16(21)10-18-25(22,23)14-7-5-13(17)6-8-14/h5-8,12,18H,2-4,9-11H2,1H3/t12-/m1/s1. The predicted molar refractivity (Wildman–Crippen MR) is 87.6 cm³/mol. The highest BCUT2D eigenvalue weighted by Crippen LogP contribution is 2.16. The van der Waals surface area contributed by atoms with Crippen LogP contribution in [-0.2, 0) is 24.3 Å². The molecule has 0 spiro atoms. The summed E-state index contributed by atoms with van der Waals surface area (Å²) in [7, 11) is -3.95. The number of hydrogen-bond acceptors (Lipinski definition) is 5. The smallest absolute Gasteiger partial charge is 0.321 e. The summed E-state index contributed by atoms with van der Waals surface area (Å²) in [6.07, 6.45) is 2.90. The van der Waals surface area contributed by atoms with Gasteiger partial charge in [0.05, 0.1) is 4.90 Å². The molecule has 2 rings (SSSR count). The first-order valence-corrected chi connectivity index (χ1v) is 9.48. The van der Waals surface area contributed by atoms with E-state index in [0.717, 1.165) is 43.5 Å². The third-order valence-corrected chi connectivity index (χ3v) is 5.43. The molecule has 138 valence electrons. The summed E-state index contributed by atoms with van der Waals surface area (Å²) in [5, 5.41) is 0. The Morgan fingerprint density at radius 3 is 2.60 bits per heavy atom. The molecule has 1 atom stereocenters. The quantitative estimate of drug-likeness (QED) is 0.754. The minimum Gasteiger partial charge on any atom is -0.455 e. The molecule has 0 bridgehead atoms. The van der Waals surface area contributed by atoms with E-state index in [-0.39, 0.29) is 16.8 Å². The van der Waals surface area contributed by atoms with Crippen LogP contribution in [0, 0.1) is 5.82 Å². The summed E-state index contributed by atoms with van der Waals surface area (Å²) in [6, 6.07) is 4.29. The van der Waals surface area contributed by atoms with E-state index in [0.29, 0.717) is 6.54 Å². The summed E-state index contributed by atoms with van der Waals surface area (Å²) in [5.41, 5.74) is 0. The normalized spacial score (nSPS) is 18.0. The molecule has 0 aromatic heterocycles. The van der Waals surface area contributed by atoms with Gasteiger partial charge in [-0.25, -0.2) is 12.8 Å². The Balaban J connectivity index is 1.80. The molecule has 0 unspecified atom stereocenters. The van der Waals surface area contributed by atoms with Crippen molar-refractivity contribution in [3.63, 3.8) is 0 Å². The molecule has 0 radical (unpaired) electrons. The van der Waals surface area contributed by atoms with Crippen LogP contribution in [0.2, 0.25) is 0 Å². The van der Waals surface area contributed by atoms with Gasteiger partial charge in [-0.1, -0.05) is 0 Å². The van der Waals surface area contributed by atoms with Gasteiger partial charge in [0, 0.05) is 12.6 Å². The van der Waals surface area contributed by atoms with Crippen LogP contribution in [0.5, 0.6) is 0 Å². The summed E-state index contributed by atoms with van der Waals surface area (Å²) in [6.45, 7) is 1.55. The van der Waals surface area contributed by atoms with Crippen molar-refractivity contribution in [1.29, 1.82) is 0 Å². The first-order chi connectivity index (χ1) is 11.8. The third-order valence-electron chi connectivity index (χ3n) is 4.01. The Morgan fingerprint density at radius 2 is 1.96 bits per heavy atom. The third kappa shape index (κ3) is 5.50. The van der Waals surface area contributed by atoms with Gasteiger partial charge >= 0.3 is 5.97 Å². The molecule has 1 aromatic carbocycles. The maximum Gasteiger partial charge on any atom is 0.321 e. The molecule has 9 heteroatoms. The van der Waals surface area contributed by atoms with Gasteiger partial charge in [0.25, 0.3) is 5.91 Å². The Kier molecular flexibility index (Phi) is 6.49. The highest BCUT2D eigenvalue weighted by molar-refractivity contribution is 7.89. The lowest BCUT2D eigenvalue weighted by molar-refractivity contribution is -0.152. The van der Waals surface area contributed by atoms with Crippen molar-refractivity contribution in [1.82, 2.24) is 9.62 Å². The summed E-state index contributed by atoms with van der Waals surface area (Å²) >= 11 is 0. The number of halogens is 1. The molecular formula is C16H21FN2O5S. The molecule has 25 heavy (non-hydrogen) atoms. The van der Waals surface area contributed by atoms with E-state index in [1.807, 2.05) is 6.92 Å². The number of rotatable bonds is 6. The average Bonchev–Trinajstić information content (AvgIpc) is 2.59. The number of amides is 1. The van der Waals surface area contributed by atoms with E-state index in [1.165, 1.54) is 0 Å². The van der Waals surface area contributed by atoms with Crippen molar-refractivity contribution in [2.45, 2.75) is 37.1 Å². The maximum atomic E-state index is 12.8. The first-order valence-electron chi connectivity index (χ1n) is 8.00. The Hall–Kier alpha value is -2.00. The zero-order chi connectivity index (χ0) is 18.4. The lowest BCUT2D eigenvalue weighted by Gasteiger charge is -2.33. The van der Waals surface area contributed by atoms with Crippen LogP contribution in [0.3, 0.4) is 0 Å². The van der Waals surface area contributed by atoms with Gasteiger partial charge in [0.15, 0.2) is 6.61 Å². The molecule has 0 aliphatic carbocycles. The molecule has 1 heterocycles. The van der Waals surface area contributed by atoms with Crippen molar-refractivity contribution >= 4 is 21.9 Å². The van der Waals surface area contributed by atoms with Crippen LogP contribution in [0.25, 0.3) is 0 Å². The number of nitrogens with zero attached hydrogens (tertiary/aromatic N) is 1. The van der Waals surface area contributed by atoms with E-state index in [1.54, 1.807) is 4.90 Å². The fraction of sp³-hybridized carbons (Fsp3) is 0.500. The monoisotopic (exact) mass is 372 g/mol. The number of piperidine rings is 1. The van der Waals surface area contributed by atoms with E-state index in [4.69, 9.17) is 4.74 Å². The zero-order valence-electron chi connectivity index (χ0n) is 13.9. The van der Waals surface area contributed by atoms with Crippen LogP contribution in [0.15, 0.2) is 29.2 Å². The van der Waals surface area contributed by atoms with Gasteiger partial charge in [-0.3, -0.25) is 9.59 Å². The molecule has 1 saturated heterocycles.